The van der Waals surface area contributed by atoms with E-state index in [1.54, 1.807) is 0 Å². The highest BCUT2D eigenvalue weighted by molar-refractivity contribution is 5.46. The van der Waals surface area contributed by atoms with Crippen molar-refractivity contribution in [1.29, 1.82) is 0 Å². The van der Waals surface area contributed by atoms with Crippen LogP contribution in [0, 0.1) is 5.92 Å². The van der Waals surface area contributed by atoms with E-state index >= 15 is 0 Å². The van der Waals surface area contributed by atoms with E-state index < -0.39 is 0 Å². The van der Waals surface area contributed by atoms with Crippen LogP contribution in [0.2, 0.25) is 0 Å². The highest BCUT2D eigenvalue weighted by Gasteiger charge is 2.28. The number of aromatic nitrogens is 4. The maximum Gasteiger partial charge on any atom is 0.227 e. The highest BCUT2D eigenvalue weighted by atomic mass is 16.5. The molecule has 27 heavy (non-hydrogen) atoms. The lowest BCUT2D eigenvalue weighted by Gasteiger charge is -2.36. The zero-order valence-corrected chi connectivity index (χ0v) is 16.0. The van der Waals surface area contributed by atoms with Crippen LogP contribution in [0.1, 0.15) is 37.6 Å². The zero-order chi connectivity index (χ0) is 18.8. The minimum absolute atomic E-state index is 0.283. The van der Waals surface area contributed by atoms with Crippen molar-refractivity contribution in [2.45, 2.75) is 45.4 Å². The molecule has 2 aromatic rings. The Labute approximate surface area is 159 Å². The molecule has 0 aromatic carbocycles. The Morgan fingerprint density at radius 2 is 2.19 bits per heavy atom. The summed E-state index contributed by atoms with van der Waals surface area (Å²) in [5.41, 5.74) is 2.14. The summed E-state index contributed by atoms with van der Waals surface area (Å²) < 4.78 is 7.71. The third-order valence-corrected chi connectivity index (χ3v) is 5.04. The number of β-amino-alcohol motifs (C(OH)–C–C–N with tert-alkyl or cyclic N) is 1. The summed E-state index contributed by atoms with van der Waals surface area (Å²) in [6, 6.07) is 2.03. The van der Waals surface area contributed by atoms with Gasteiger partial charge in [-0.05, 0) is 12.3 Å². The van der Waals surface area contributed by atoms with E-state index in [1.807, 2.05) is 23.5 Å². The van der Waals surface area contributed by atoms with Gasteiger partial charge in [0, 0.05) is 44.4 Å². The molecule has 0 spiro atoms. The van der Waals surface area contributed by atoms with Gasteiger partial charge in [-0.15, -0.1) is 0 Å². The summed E-state index contributed by atoms with van der Waals surface area (Å²) in [4.78, 5) is 15.7. The molecule has 2 saturated heterocycles. The third-order valence-electron chi connectivity index (χ3n) is 5.04. The van der Waals surface area contributed by atoms with Crippen molar-refractivity contribution in [2.75, 3.05) is 36.5 Å². The number of aliphatic hydroxyl groups excluding tert-OH is 1. The Kier molecular flexibility index (Phi) is 5.27. The Balaban J connectivity index is 1.51. The fourth-order valence-corrected chi connectivity index (χ4v) is 3.51. The molecule has 2 N–H and O–H groups in total. The standard InChI is InChI=1S/C19H28N6O2/c1-13(2)8-25-12-20-6-15(25)7-21-18-5-17(14-3-4-27-11-14)22-19(23-18)24-9-16(26)10-24/h5-6,12-14,16,26H,3-4,7-11H2,1-2H3,(H,21,22,23)/t14-/m1/s1. The van der Waals surface area contributed by atoms with Gasteiger partial charge in [-0.25, -0.2) is 9.97 Å². The molecule has 0 unspecified atom stereocenters. The van der Waals surface area contributed by atoms with Crippen LogP contribution in [-0.4, -0.2) is 57.0 Å². The van der Waals surface area contributed by atoms with Gasteiger partial charge in [-0.1, -0.05) is 13.8 Å². The highest BCUT2D eigenvalue weighted by Crippen LogP contribution is 2.28. The van der Waals surface area contributed by atoms with Crippen molar-refractivity contribution in [3.8, 4) is 0 Å². The van der Waals surface area contributed by atoms with Crippen LogP contribution < -0.4 is 10.2 Å². The van der Waals surface area contributed by atoms with Crippen molar-refractivity contribution < 1.29 is 9.84 Å². The van der Waals surface area contributed by atoms with Gasteiger partial charge in [0.15, 0.2) is 0 Å². The van der Waals surface area contributed by atoms with E-state index in [4.69, 9.17) is 9.72 Å². The molecule has 0 radical (unpaired) electrons. The Morgan fingerprint density at radius 1 is 1.33 bits per heavy atom. The quantitative estimate of drug-likeness (QED) is 0.763. The average molecular weight is 372 g/mol. The summed E-state index contributed by atoms with van der Waals surface area (Å²) in [5.74, 6) is 2.36. The SMILES string of the molecule is CC(C)Cn1cncc1CNc1cc([C@@H]2CCOC2)nc(N2CC(O)C2)n1. The number of nitrogens with zero attached hydrogens (tertiary/aromatic N) is 5. The minimum atomic E-state index is -0.283. The van der Waals surface area contributed by atoms with Gasteiger partial charge in [0.1, 0.15) is 5.82 Å². The fraction of sp³-hybridized carbons (Fsp3) is 0.632. The van der Waals surface area contributed by atoms with Gasteiger partial charge in [-0.2, -0.15) is 4.98 Å². The Hall–Kier alpha value is -2.19. The number of ether oxygens (including phenoxy) is 1. The van der Waals surface area contributed by atoms with Crippen LogP contribution in [0.15, 0.2) is 18.6 Å². The van der Waals surface area contributed by atoms with Crippen LogP contribution in [0.25, 0.3) is 0 Å². The second kappa shape index (κ2) is 7.82. The van der Waals surface area contributed by atoms with Gasteiger partial charge in [0.25, 0.3) is 0 Å². The van der Waals surface area contributed by atoms with E-state index in [-0.39, 0.29) is 6.10 Å². The number of imidazole rings is 1. The summed E-state index contributed by atoms with van der Waals surface area (Å²) in [6.07, 6.45) is 4.48. The van der Waals surface area contributed by atoms with Crippen molar-refractivity contribution >= 4 is 11.8 Å². The molecule has 2 aromatic heterocycles. The fourth-order valence-electron chi connectivity index (χ4n) is 3.51. The molecule has 8 nitrogen and oxygen atoms in total. The molecule has 0 amide bonds. The minimum Gasteiger partial charge on any atom is -0.389 e. The molecule has 4 heterocycles. The number of aliphatic hydroxyl groups is 1. The number of hydrogen-bond donors (Lipinski definition) is 2. The molecule has 0 aliphatic carbocycles. The van der Waals surface area contributed by atoms with Gasteiger partial charge in [-0.3, -0.25) is 0 Å². The molecule has 0 bridgehead atoms. The lowest BCUT2D eigenvalue weighted by atomic mass is 10.0. The second-order valence-electron chi connectivity index (χ2n) is 7.88. The predicted molar refractivity (Wildman–Crippen MR) is 103 cm³/mol. The molecule has 4 rings (SSSR count). The molecule has 2 aliphatic heterocycles. The van der Waals surface area contributed by atoms with E-state index in [9.17, 15) is 5.11 Å². The van der Waals surface area contributed by atoms with Gasteiger partial charge in [0.05, 0.1) is 37.0 Å². The molecule has 0 saturated carbocycles. The van der Waals surface area contributed by atoms with Crippen LogP contribution in [0.4, 0.5) is 11.8 Å². The molecule has 2 aliphatic rings. The molecule has 8 heteroatoms. The van der Waals surface area contributed by atoms with Crippen molar-refractivity contribution in [1.82, 2.24) is 19.5 Å². The summed E-state index contributed by atoms with van der Waals surface area (Å²) in [5, 5.41) is 13.1. The van der Waals surface area contributed by atoms with Crippen molar-refractivity contribution in [3.63, 3.8) is 0 Å². The molecular formula is C19H28N6O2. The first-order valence-corrected chi connectivity index (χ1v) is 9.71. The zero-order valence-electron chi connectivity index (χ0n) is 16.0. The maximum absolute atomic E-state index is 9.62. The maximum atomic E-state index is 9.62. The monoisotopic (exact) mass is 372 g/mol. The second-order valence-corrected chi connectivity index (χ2v) is 7.88. The first kappa shape index (κ1) is 18.2. The summed E-state index contributed by atoms with van der Waals surface area (Å²) in [7, 11) is 0. The normalized spacial score (nSPS) is 20.3. The van der Waals surface area contributed by atoms with Gasteiger partial charge >= 0.3 is 0 Å². The first-order chi connectivity index (χ1) is 13.1. The molecule has 146 valence electrons. The predicted octanol–water partition coefficient (Wildman–Crippen LogP) is 1.63. The Bertz CT molecular complexity index is 765. The molecule has 1 atom stereocenters. The number of nitrogens with one attached hydrogen (secondary N) is 1. The van der Waals surface area contributed by atoms with Crippen molar-refractivity contribution in [2.24, 2.45) is 5.92 Å². The Morgan fingerprint density at radius 3 is 2.89 bits per heavy atom. The van der Waals surface area contributed by atoms with E-state index in [0.29, 0.717) is 44.0 Å². The van der Waals surface area contributed by atoms with E-state index in [1.165, 1.54) is 0 Å². The lowest BCUT2D eigenvalue weighted by molar-refractivity contribution is 0.140. The molecular weight excluding hydrogens is 344 g/mol. The summed E-state index contributed by atoms with van der Waals surface area (Å²) in [6.45, 7) is 8.67. The largest absolute Gasteiger partial charge is 0.389 e. The van der Waals surface area contributed by atoms with E-state index in [2.05, 4.69) is 33.7 Å². The van der Waals surface area contributed by atoms with Gasteiger partial charge < -0.3 is 24.6 Å². The summed E-state index contributed by atoms with van der Waals surface area (Å²) >= 11 is 0. The molecule has 2 fully saturated rings. The number of hydrogen-bond acceptors (Lipinski definition) is 7. The average Bonchev–Trinajstić information content (AvgIpc) is 3.28. The van der Waals surface area contributed by atoms with Crippen LogP contribution in [-0.2, 0) is 17.8 Å². The van der Waals surface area contributed by atoms with E-state index in [0.717, 1.165) is 36.8 Å². The number of rotatable bonds is 7. The van der Waals surface area contributed by atoms with Gasteiger partial charge in [0.2, 0.25) is 5.95 Å². The third kappa shape index (κ3) is 4.22. The smallest absolute Gasteiger partial charge is 0.227 e. The van der Waals surface area contributed by atoms with Crippen LogP contribution in [0.3, 0.4) is 0 Å². The lowest BCUT2D eigenvalue weighted by Crippen LogP contribution is -2.51. The van der Waals surface area contributed by atoms with Crippen molar-refractivity contribution in [3.05, 3.63) is 30.0 Å². The van der Waals surface area contributed by atoms with Crippen LogP contribution in [0.5, 0.6) is 0 Å². The number of anilines is 2. The van der Waals surface area contributed by atoms with Crippen LogP contribution >= 0.6 is 0 Å². The topological polar surface area (TPSA) is 88.3 Å². The first-order valence-electron chi connectivity index (χ1n) is 9.71.